The molecule has 0 bridgehead atoms. The Kier molecular flexibility index (Phi) is 5.29. The minimum atomic E-state index is -0.400. The quantitative estimate of drug-likeness (QED) is 0.867. The van der Waals surface area contributed by atoms with Crippen LogP contribution in [0, 0.1) is 0 Å². The summed E-state index contributed by atoms with van der Waals surface area (Å²) in [4.78, 5) is 13.6. The molecule has 1 N–H and O–H groups in total. The second kappa shape index (κ2) is 7.43. The number of ether oxygens (including phenoxy) is 2. The van der Waals surface area contributed by atoms with E-state index in [1.165, 1.54) is 0 Å². The number of rotatable bonds is 6. The van der Waals surface area contributed by atoms with Gasteiger partial charge in [-0.3, -0.25) is 0 Å². The molecule has 1 unspecified atom stereocenters. The Labute approximate surface area is 119 Å². The SMILES string of the molecule is CCN1C=COC1CCNC(=O)OCc1ccccc1. The van der Waals surface area contributed by atoms with E-state index < -0.39 is 6.09 Å². The van der Waals surface area contributed by atoms with E-state index in [-0.39, 0.29) is 12.8 Å². The van der Waals surface area contributed by atoms with Gasteiger partial charge in [-0.15, -0.1) is 0 Å². The molecule has 20 heavy (non-hydrogen) atoms. The van der Waals surface area contributed by atoms with Gasteiger partial charge in [-0.2, -0.15) is 0 Å². The number of benzene rings is 1. The minimum absolute atomic E-state index is 0.00873. The number of nitrogens with one attached hydrogen (secondary N) is 1. The van der Waals surface area contributed by atoms with Crippen molar-refractivity contribution in [2.75, 3.05) is 13.1 Å². The van der Waals surface area contributed by atoms with Crippen LogP contribution in [0.3, 0.4) is 0 Å². The molecule has 1 aliphatic rings. The van der Waals surface area contributed by atoms with Crippen LogP contribution >= 0.6 is 0 Å². The molecule has 5 nitrogen and oxygen atoms in total. The lowest BCUT2D eigenvalue weighted by Crippen LogP contribution is -2.33. The zero-order valence-electron chi connectivity index (χ0n) is 11.6. The highest BCUT2D eigenvalue weighted by Crippen LogP contribution is 2.13. The molecule has 1 atom stereocenters. The predicted octanol–water partition coefficient (Wildman–Crippen LogP) is 2.45. The lowest BCUT2D eigenvalue weighted by atomic mass is 10.2. The second-order valence-electron chi connectivity index (χ2n) is 4.48. The molecular formula is C15H20N2O3. The number of amides is 1. The topological polar surface area (TPSA) is 50.8 Å². The molecule has 1 aromatic carbocycles. The van der Waals surface area contributed by atoms with Crippen molar-refractivity contribution in [2.24, 2.45) is 0 Å². The van der Waals surface area contributed by atoms with E-state index in [9.17, 15) is 4.79 Å². The van der Waals surface area contributed by atoms with Gasteiger partial charge in [-0.25, -0.2) is 4.79 Å². The average molecular weight is 276 g/mol. The summed E-state index contributed by atoms with van der Waals surface area (Å²) in [6, 6.07) is 9.61. The zero-order valence-corrected chi connectivity index (χ0v) is 11.6. The Hall–Kier alpha value is -2.17. The van der Waals surface area contributed by atoms with Crippen molar-refractivity contribution in [3.63, 3.8) is 0 Å². The number of carbonyl (C=O) groups is 1. The first-order chi connectivity index (χ1) is 9.79. The highest BCUT2D eigenvalue weighted by molar-refractivity contribution is 5.67. The molecule has 0 aliphatic carbocycles. The Bertz CT molecular complexity index is 448. The van der Waals surface area contributed by atoms with Gasteiger partial charge in [-0.05, 0) is 12.5 Å². The van der Waals surface area contributed by atoms with Gasteiger partial charge in [0.2, 0.25) is 0 Å². The molecule has 5 heteroatoms. The summed E-state index contributed by atoms with van der Waals surface area (Å²) < 4.78 is 10.5. The number of hydrogen-bond donors (Lipinski definition) is 1. The number of alkyl carbamates (subject to hydrolysis) is 1. The lowest BCUT2D eigenvalue weighted by molar-refractivity contribution is 0.0529. The van der Waals surface area contributed by atoms with Crippen molar-refractivity contribution in [3.05, 3.63) is 48.4 Å². The van der Waals surface area contributed by atoms with Gasteiger partial charge in [0.25, 0.3) is 0 Å². The maximum atomic E-state index is 11.5. The molecule has 0 saturated heterocycles. The number of carbonyl (C=O) groups excluding carboxylic acids is 1. The van der Waals surface area contributed by atoms with Crippen LogP contribution in [0.5, 0.6) is 0 Å². The fourth-order valence-electron chi connectivity index (χ4n) is 1.99. The van der Waals surface area contributed by atoms with Crippen LogP contribution in [0.1, 0.15) is 18.9 Å². The van der Waals surface area contributed by atoms with Gasteiger partial charge in [0.05, 0.1) is 0 Å². The highest BCUT2D eigenvalue weighted by Gasteiger charge is 2.18. The van der Waals surface area contributed by atoms with E-state index in [0.717, 1.165) is 18.5 Å². The highest BCUT2D eigenvalue weighted by atomic mass is 16.5. The van der Waals surface area contributed by atoms with Crippen molar-refractivity contribution in [3.8, 4) is 0 Å². The van der Waals surface area contributed by atoms with Crippen LogP contribution in [0.2, 0.25) is 0 Å². The molecular weight excluding hydrogens is 256 g/mol. The molecule has 0 radical (unpaired) electrons. The summed E-state index contributed by atoms with van der Waals surface area (Å²) in [7, 11) is 0. The number of nitrogens with zero attached hydrogens (tertiary/aromatic N) is 1. The largest absolute Gasteiger partial charge is 0.477 e. The minimum Gasteiger partial charge on any atom is -0.477 e. The third-order valence-corrected chi connectivity index (χ3v) is 3.10. The van der Waals surface area contributed by atoms with Crippen molar-refractivity contribution >= 4 is 6.09 Å². The monoisotopic (exact) mass is 276 g/mol. The Morgan fingerprint density at radius 2 is 2.20 bits per heavy atom. The van der Waals surface area contributed by atoms with Crippen LogP contribution < -0.4 is 5.32 Å². The van der Waals surface area contributed by atoms with Gasteiger partial charge in [0, 0.05) is 25.7 Å². The van der Waals surface area contributed by atoms with Crippen LogP contribution in [0.25, 0.3) is 0 Å². The standard InChI is InChI=1S/C15H20N2O3/c1-2-17-10-11-19-14(17)8-9-16-15(18)20-12-13-6-4-3-5-7-13/h3-7,10-11,14H,2,8-9,12H2,1H3,(H,16,18). The van der Waals surface area contributed by atoms with E-state index >= 15 is 0 Å². The van der Waals surface area contributed by atoms with Crippen molar-refractivity contribution in [2.45, 2.75) is 26.2 Å². The summed E-state index contributed by atoms with van der Waals surface area (Å²) in [5.41, 5.74) is 0.975. The normalized spacial score (nSPS) is 16.9. The zero-order chi connectivity index (χ0) is 14.2. The van der Waals surface area contributed by atoms with Gasteiger partial charge in [0.1, 0.15) is 12.9 Å². The fourth-order valence-corrected chi connectivity index (χ4v) is 1.99. The van der Waals surface area contributed by atoms with Crippen molar-refractivity contribution in [1.82, 2.24) is 10.2 Å². The smallest absolute Gasteiger partial charge is 0.407 e. The molecule has 1 amide bonds. The second-order valence-corrected chi connectivity index (χ2v) is 4.48. The van der Waals surface area contributed by atoms with Crippen molar-refractivity contribution in [1.29, 1.82) is 0 Å². The first-order valence-corrected chi connectivity index (χ1v) is 6.82. The maximum Gasteiger partial charge on any atom is 0.407 e. The summed E-state index contributed by atoms with van der Waals surface area (Å²) in [5, 5.41) is 2.73. The van der Waals surface area contributed by atoms with E-state index in [2.05, 4.69) is 17.1 Å². The van der Waals surface area contributed by atoms with Gasteiger partial charge in [0.15, 0.2) is 6.23 Å². The Morgan fingerprint density at radius 1 is 1.40 bits per heavy atom. The predicted molar refractivity (Wildman–Crippen MR) is 75.6 cm³/mol. The Balaban J connectivity index is 1.61. The van der Waals surface area contributed by atoms with Crippen molar-refractivity contribution < 1.29 is 14.3 Å². The summed E-state index contributed by atoms with van der Waals surface area (Å²) in [6.07, 6.45) is 3.93. The molecule has 1 aromatic rings. The summed E-state index contributed by atoms with van der Waals surface area (Å²) >= 11 is 0. The van der Waals surface area contributed by atoms with E-state index in [1.54, 1.807) is 6.26 Å². The fraction of sp³-hybridized carbons (Fsp3) is 0.400. The summed E-state index contributed by atoms with van der Waals surface area (Å²) in [6.45, 7) is 3.76. The van der Waals surface area contributed by atoms with Crippen LogP contribution in [-0.2, 0) is 16.1 Å². The van der Waals surface area contributed by atoms with E-state index in [1.807, 2.05) is 36.5 Å². The van der Waals surface area contributed by atoms with Crippen LogP contribution in [0.15, 0.2) is 42.8 Å². The van der Waals surface area contributed by atoms with E-state index in [0.29, 0.717) is 6.54 Å². The molecule has 108 valence electrons. The molecule has 1 heterocycles. The maximum absolute atomic E-state index is 11.5. The van der Waals surface area contributed by atoms with Crippen LogP contribution in [0.4, 0.5) is 4.79 Å². The molecule has 0 saturated carbocycles. The van der Waals surface area contributed by atoms with Gasteiger partial charge < -0.3 is 19.7 Å². The van der Waals surface area contributed by atoms with Gasteiger partial charge in [-0.1, -0.05) is 30.3 Å². The lowest BCUT2D eigenvalue weighted by Gasteiger charge is -2.22. The first kappa shape index (κ1) is 14.2. The molecule has 0 fully saturated rings. The number of hydrogen-bond acceptors (Lipinski definition) is 4. The van der Waals surface area contributed by atoms with E-state index in [4.69, 9.17) is 9.47 Å². The third kappa shape index (κ3) is 4.19. The molecule has 2 rings (SSSR count). The molecule has 0 spiro atoms. The molecule has 1 aliphatic heterocycles. The molecule has 0 aromatic heterocycles. The van der Waals surface area contributed by atoms with Crippen LogP contribution in [-0.4, -0.2) is 30.3 Å². The average Bonchev–Trinajstić information content (AvgIpc) is 2.94. The first-order valence-electron chi connectivity index (χ1n) is 6.82. The van der Waals surface area contributed by atoms with Gasteiger partial charge >= 0.3 is 6.09 Å². The third-order valence-electron chi connectivity index (χ3n) is 3.10. The summed E-state index contributed by atoms with van der Waals surface area (Å²) in [5.74, 6) is 0. The Morgan fingerprint density at radius 3 is 2.95 bits per heavy atom.